The van der Waals surface area contributed by atoms with Crippen molar-refractivity contribution in [2.24, 2.45) is 5.92 Å². The van der Waals surface area contributed by atoms with Gasteiger partial charge in [0.15, 0.2) is 0 Å². The standard InChI is InChI=1S/C17H26N2O4S/c1-12(2)9-10-18-15-8-7-13(17(20)21)11-16(15)24(22,23)19-14-5-3-4-6-14/h7-8,11-12,14,18-19H,3-6,9-10H2,1-2H3,(H,20,21). The minimum atomic E-state index is -3.76. The first-order valence-corrected chi connectivity index (χ1v) is 9.91. The molecule has 134 valence electrons. The van der Waals surface area contributed by atoms with Gasteiger partial charge in [-0.15, -0.1) is 0 Å². The first-order valence-electron chi connectivity index (χ1n) is 8.43. The summed E-state index contributed by atoms with van der Waals surface area (Å²) in [7, 11) is -3.76. The summed E-state index contributed by atoms with van der Waals surface area (Å²) in [5, 5.41) is 12.3. The van der Waals surface area contributed by atoms with Crippen LogP contribution in [0.25, 0.3) is 0 Å². The van der Waals surface area contributed by atoms with Crippen LogP contribution in [0.4, 0.5) is 5.69 Å². The smallest absolute Gasteiger partial charge is 0.335 e. The van der Waals surface area contributed by atoms with Gasteiger partial charge in [-0.3, -0.25) is 0 Å². The van der Waals surface area contributed by atoms with Crippen molar-refractivity contribution in [2.45, 2.75) is 56.9 Å². The number of aromatic carboxylic acids is 1. The highest BCUT2D eigenvalue weighted by Crippen LogP contribution is 2.26. The van der Waals surface area contributed by atoms with Crippen molar-refractivity contribution in [1.29, 1.82) is 0 Å². The molecule has 0 aliphatic heterocycles. The molecule has 7 heteroatoms. The van der Waals surface area contributed by atoms with Crippen LogP contribution in [-0.4, -0.2) is 32.1 Å². The number of anilines is 1. The quantitative estimate of drug-likeness (QED) is 0.667. The third-order valence-corrected chi connectivity index (χ3v) is 5.79. The highest BCUT2D eigenvalue weighted by Gasteiger charge is 2.26. The summed E-state index contributed by atoms with van der Waals surface area (Å²) >= 11 is 0. The van der Waals surface area contributed by atoms with Crippen LogP contribution in [0.15, 0.2) is 23.1 Å². The molecule has 0 radical (unpaired) electrons. The second-order valence-corrected chi connectivity index (χ2v) is 8.41. The molecule has 2 rings (SSSR count). The first-order chi connectivity index (χ1) is 11.3. The molecule has 1 aromatic carbocycles. The molecule has 0 bridgehead atoms. The maximum Gasteiger partial charge on any atom is 0.335 e. The van der Waals surface area contributed by atoms with Crippen molar-refractivity contribution in [2.75, 3.05) is 11.9 Å². The monoisotopic (exact) mass is 354 g/mol. The summed E-state index contributed by atoms with van der Waals surface area (Å²) in [5.74, 6) is -0.645. The van der Waals surface area contributed by atoms with Crippen molar-refractivity contribution in [3.63, 3.8) is 0 Å². The Balaban J connectivity index is 2.28. The molecule has 0 unspecified atom stereocenters. The fourth-order valence-electron chi connectivity index (χ4n) is 2.85. The van der Waals surface area contributed by atoms with Crippen LogP contribution in [0.2, 0.25) is 0 Å². The highest BCUT2D eigenvalue weighted by atomic mass is 32.2. The second-order valence-electron chi connectivity index (χ2n) is 6.73. The van der Waals surface area contributed by atoms with Gasteiger partial charge < -0.3 is 10.4 Å². The summed E-state index contributed by atoms with van der Waals surface area (Å²) in [5.41, 5.74) is 0.419. The Labute approximate surface area is 143 Å². The molecule has 0 saturated heterocycles. The highest BCUT2D eigenvalue weighted by molar-refractivity contribution is 7.89. The first kappa shape index (κ1) is 18.7. The van der Waals surface area contributed by atoms with Crippen LogP contribution in [0.3, 0.4) is 0 Å². The van der Waals surface area contributed by atoms with Crippen LogP contribution >= 0.6 is 0 Å². The van der Waals surface area contributed by atoms with E-state index in [1.807, 2.05) is 0 Å². The molecule has 1 aliphatic carbocycles. The molecule has 0 atom stereocenters. The van der Waals surface area contributed by atoms with Crippen molar-refractivity contribution in [1.82, 2.24) is 4.72 Å². The topological polar surface area (TPSA) is 95.5 Å². The maximum absolute atomic E-state index is 12.7. The summed E-state index contributed by atoms with van der Waals surface area (Å²) in [6.45, 7) is 4.82. The van der Waals surface area contributed by atoms with Crippen LogP contribution in [0.5, 0.6) is 0 Å². The molecule has 0 amide bonds. The number of hydrogen-bond donors (Lipinski definition) is 3. The number of rotatable bonds is 8. The predicted molar refractivity (Wildman–Crippen MR) is 93.9 cm³/mol. The van der Waals surface area contributed by atoms with Crippen LogP contribution in [-0.2, 0) is 10.0 Å². The van der Waals surface area contributed by atoms with E-state index in [0.717, 1.165) is 32.1 Å². The normalized spacial score (nSPS) is 15.8. The lowest BCUT2D eigenvalue weighted by atomic mass is 10.1. The van der Waals surface area contributed by atoms with E-state index in [4.69, 9.17) is 5.11 Å². The molecular weight excluding hydrogens is 328 g/mol. The van der Waals surface area contributed by atoms with Crippen LogP contribution < -0.4 is 10.0 Å². The Bertz CT molecular complexity index is 680. The Morgan fingerprint density at radius 3 is 2.54 bits per heavy atom. The van der Waals surface area contributed by atoms with Gasteiger partial charge in [-0.25, -0.2) is 17.9 Å². The lowest BCUT2D eigenvalue weighted by molar-refractivity contribution is 0.0696. The van der Waals surface area contributed by atoms with E-state index in [0.29, 0.717) is 18.2 Å². The van der Waals surface area contributed by atoms with Crippen LogP contribution in [0.1, 0.15) is 56.3 Å². The number of benzene rings is 1. The lowest BCUT2D eigenvalue weighted by Crippen LogP contribution is -2.33. The van der Waals surface area contributed by atoms with Gasteiger partial charge in [-0.2, -0.15) is 0 Å². The minimum Gasteiger partial charge on any atom is -0.478 e. The molecule has 1 aromatic rings. The molecule has 1 aliphatic rings. The van der Waals surface area contributed by atoms with Crippen molar-refractivity contribution < 1.29 is 18.3 Å². The largest absolute Gasteiger partial charge is 0.478 e. The van der Waals surface area contributed by atoms with Gasteiger partial charge in [0.05, 0.1) is 11.3 Å². The van der Waals surface area contributed by atoms with Crippen molar-refractivity contribution in [3.05, 3.63) is 23.8 Å². The molecule has 1 saturated carbocycles. The van der Waals surface area contributed by atoms with E-state index >= 15 is 0 Å². The third kappa shape index (κ3) is 4.95. The molecule has 6 nitrogen and oxygen atoms in total. The van der Waals surface area contributed by atoms with Gasteiger partial charge in [-0.1, -0.05) is 26.7 Å². The number of carbonyl (C=O) groups is 1. The van der Waals surface area contributed by atoms with Gasteiger partial charge in [0.1, 0.15) is 4.90 Å². The van der Waals surface area contributed by atoms with E-state index in [2.05, 4.69) is 23.9 Å². The zero-order valence-electron chi connectivity index (χ0n) is 14.2. The summed E-state index contributed by atoms with van der Waals surface area (Å²) in [4.78, 5) is 11.2. The van der Waals surface area contributed by atoms with Gasteiger partial charge >= 0.3 is 5.97 Å². The maximum atomic E-state index is 12.7. The van der Waals surface area contributed by atoms with E-state index in [1.165, 1.54) is 18.2 Å². The van der Waals surface area contributed by atoms with E-state index in [-0.39, 0.29) is 16.5 Å². The van der Waals surface area contributed by atoms with Gasteiger partial charge in [0.2, 0.25) is 10.0 Å². The number of sulfonamides is 1. The number of nitrogens with one attached hydrogen (secondary N) is 2. The lowest BCUT2D eigenvalue weighted by Gasteiger charge is -2.17. The van der Waals surface area contributed by atoms with Crippen LogP contribution in [0, 0.1) is 5.92 Å². The Hall–Kier alpha value is -1.60. The Morgan fingerprint density at radius 2 is 1.96 bits per heavy atom. The van der Waals surface area contributed by atoms with Crippen molar-refractivity contribution in [3.8, 4) is 0 Å². The zero-order chi connectivity index (χ0) is 17.7. The molecule has 0 heterocycles. The Morgan fingerprint density at radius 1 is 1.29 bits per heavy atom. The van der Waals surface area contributed by atoms with Gasteiger partial charge in [-0.05, 0) is 43.4 Å². The minimum absolute atomic E-state index is 0.0121. The van der Waals surface area contributed by atoms with E-state index < -0.39 is 16.0 Å². The predicted octanol–water partition coefficient (Wildman–Crippen LogP) is 3.06. The number of hydrogen-bond acceptors (Lipinski definition) is 4. The fourth-order valence-corrected chi connectivity index (χ4v) is 4.36. The van der Waals surface area contributed by atoms with E-state index in [9.17, 15) is 13.2 Å². The molecule has 3 N–H and O–H groups in total. The van der Waals surface area contributed by atoms with Crippen molar-refractivity contribution >= 4 is 21.7 Å². The van der Waals surface area contributed by atoms with Gasteiger partial charge in [0.25, 0.3) is 0 Å². The zero-order valence-corrected chi connectivity index (χ0v) is 15.0. The summed E-state index contributed by atoms with van der Waals surface area (Å²) in [6.07, 6.45) is 4.59. The number of carboxylic acid groups (broad SMARTS) is 1. The Kier molecular flexibility index (Phi) is 6.23. The third-order valence-electron chi connectivity index (χ3n) is 4.23. The summed E-state index contributed by atoms with van der Waals surface area (Å²) < 4.78 is 28.2. The second kappa shape index (κ2) is 7.98. The molecule has 0 spiro atoms. The SMILES string of the molecule is CC(C)CCNc1ccc(C(=O)O)cc1S(=O)(=O)NC1CCCC1. The molecule has 24 heavy (non-hydrogen) atoms. The fraction of sp³-hybridized carbons (Fsp3) is 0.588. The number of carboxylic acids is 1. The summed E-state index contributed by atoms with van der Waals surface area (Å²) in [6, 6.07) is 4.13. The average Bonchev–Trinajstić information content (AvgIpc) is 2.99. The van der Waals surface area contributed by atoms with E-state index in [1.54, 1.807) is 0 Å². The molecular formula is C17H26N2O4S. The van der Waals surface area contributed by atoms with Gasteiger partial charge in [0, 0.05) is 12.6 Å². The average molecular weight is 354 g/mol. The molecule has 1 fully saturated rings. The molecule has 0 aromatic heterocycles.